The predicted molar refractivity (Wildman–Crippen MR) is 96.1 cm³/mol. The molecule has 0 aliphatic carbocycles. The molecular formula is C20H34O2. The second-order valence-corrected chi connectivity index (χ2v) is 5.01. The molecule has 0 atom stereocenters. The molecule has 126 valence electrons. The summed E-state index contributed by atoms with van der Waals surface area (Å²) in [5.74, 6) is -2.00. The molecule has 0 fully saturated rings. The van der Waals surface area contributed by atoms with Gasteiger partial charge in [0.15, 0.2) is 0 Å². The first-order valence-electron chi connectivity index (χ1n) is 11.2. The molecule has 2 heteroatoms. The van der Waals surface area contributed by atoms with Crippen molar-refractivity contribution < 1.29 is 18.1 Å². The molecule has 0 aromatic rings. The Bertz CT molecular complexity index is 539. The van der Waals surface area contributed by atoms with Gasteiger partial charge in [-0.05, 0) is 44.9 Å². The van der Waals surface area contributed by atoms with Crippen LogP contribution < -0.4 is 0 Å². The van der Waals surface area contributed by atoms with Crippen molar-refractivity contribution in [2.75, 3.05) is 0 Å². The summed E-state index contributed by atoms with van der Waals surface area (Å²) in [5, 5.41) is 8.83. The van der Waals surface area contributed by atoms with Crippen molar-refractivity contribution in [1.82, 2.24) is 0 Å². The van der Waals surface area contributed by atoms with Gasteiger partial charge in [0.05, 0.1) is 0 Å². The van der Waals surface area contributed by atoms with Gasteiger partial charge in [0.25, 0.3) is 0 Å². The molecule has 0 saturated heterocycles. The molecule has 0 aromatic carbocycles. The summed E-state index contributed by atoms with van der Waals surface area (Å²) in [5.41, 5.74) is 0. The number of carboxylic acid groups (broad SMARTS) is 1. The molecule has 0 spiro atoms. The van der Waals surface area contributed by atoms with Crippen LogP contribution in [0.5, 0.6) is 0 Å². The fourth-order valence-corrected chi connectivity index (χ4v) is 1.76. The molecule has 1 N–H and O–H groups in total. The lowest BCUT2D eigenvalue weighted by molar-refractivity contribution is -0.137. The van der Waals surface area contributed by atoms with Crippen LogP contribution in [0, 0.1) is 0 Å². The highest BCUT2D eigenvalue weighted by Gasteiger charge is 1.95. The number of allylic oxidation sites excluding steroid dienone is 6. The Balaban J connectivity index is 4.14. The zero-order valence-corrected chi connectivity index (χ0v) is 13.7. The summed E-state index contributed by atoms with van der Waals surface area (Å²) >= 11 is 0. The second-order valence-electron chi connectivity index (χ2n) is 5.01. The largest absolute Gasteiger partial charge is 0.481 e. The summed E-state index contributed by atoms with van der Waals surface area (Å²) in [7, 11) is 0. The number of carboxylic acids is 1. The first-order valence-corrected chi connectivity index (χ1v) is 8.19. The molecule has 22 heavy (non-hydrogen) atoms. The third kappa shape index (κ3) is 18.7. The molecule has 0 heterocycles. The Morgan fingerprint density at radius 2 is 1.41 bits per heavy atom. The SMILES string of the molecule is [2H]C([2H])(CCC/C=C\CC=CCC=CCCCCC)C([2H])([2H])C([2H])([2H])C(=O)O. The van der Waals surface area contributed by atoms with Gasteiger partial charge in [-0.3, -0.25) is 4.79 Å². The number of hydrogen-bond donors (Lipinski definition) is 1. The maximum Gasteiger partial charge on any atom is 0.303 e. The van der Waals surface area contributed by atoms with E-state index in [1.807, 2.05) is 18.2 Å². The Labute approximate surface area is 145 Å². The second kappa shape index (κ2) is 17.7. The quantitative estimate of drug-likeness (QED) is 0.279. The smallest absolute Gasteiger partial charge is 0.303 e. The van der Waals surface area contributed by atoms with Crippen LogP contribution in [0.1, 0.15) is 92.1 Å². The van der Waals surface area contributed by atoms with Gasteiger partial charge in [-0.1, -0.05) is 69.0 Å². The van der Waals surface area contributed by atoms with Crippen LogP contribution in [0.4, 0.5) is 0 Å². The molecule has 0 aliphatic rings. The molecule has 2 nitrogen and oxygen atoms in total. The zero-order valence-electron chi connectivity index (χ0n) is 19.7. The third-order valence-electron chi connectivity index (χ3n) is 2.95. The van der Waals surface area contributed by atoms with Crippen molar-refractivity contribution in [1.29, 1.82) is 0 Å². The molecule has 0 aliphatic heterocycles. The summed E-state index contributed by atoms with van der Waals surface area (Å²) < 4.78 is 45.6. The van der Waals surface area contributed by atoms with Gasteiger partial charge in [-0.15, -0.1) is 0 Å². The number of carbonyl (C=O) groups is 1. The zero-order chi connectivity index (χ0) is 21.7. The van der Waals surface area contributed by atoms with Crippen molar-refractivity contribution in [2.45, 2.75) is 83.8 Å². The maximum atomic E-state index is 10.9. The molecule has 0 saturated carbocycles. The van der Waals surface area contributed by atoms with Crippen LogP contribution in [-0.4, -0.2) is 11.1 Å². The average molecular weight is 313 g/mol. The highest BCUT2D eigenvalue weighted by molar-refractivity contribution is 5.66. The van der Waals surface area contributed by atoms with Crippen LogP contribution >= 0.6 is 0 Å². The topological polar surface area (TPSA) is 37.3 Å². The van der Waals surface area contributed by atoms with Gasteiger partial charge in [0, 0.05) is 14.6 Å². The minimum absolute atomic E-state index is 0.254. The number of rotatable bonds is 15. The van der Waals surface area contributed by atoms with Crippen LogP contribution in [0.15, 0.2) is 36.5 Å². The Morgan fingerprint density at radius 1 is 0.864 bits per heavy atom. The fraction of sp³-hybridized carbons (Fsp3) is 0.650. The van der Waals surface area contributed by atoms with Crippen LogP contribution in [0.3, 0.4) is 0 Å². The lowest BCUT2D eigenvalue weighted by Crippen LogP contribution is -1.93. The van der Waals surface area contributed by atoms with E-state index in [4.69, 9.17) is 13.3 Å². The monoisotopic (exact) mass is 312 g/mol. The average Bonchev–Trinajstić information content (AvgIpc) is 2.61. The molecule has 0 rings (SSSR count). The van der Waals surface area contributed by atoms with E-state index in [2.05, 4.69) is 25.2 Å². The molecular weight excluding hydrogens is 272 g/mol. The normalized spacial score (nSPS) is 18.0. The van der Waals surface area contributed by atoms with E-state index in [9.17, 15) is 4.79 Å². The van der Waals surface area contributed by atoms with Crippen molar-refractivity contribution in [3.63, 3.8) is 0 Å². The highest BCUT2D eigenvalue weighted by atomic mass is 16.4. The fourth-order valence-electron chi connectivity index (χ4n) is 1.76. The number of unbranched alkanes of at least 4 members (excludes halogenated alkanes) is 4. The summed E-state index contributed by atoms with van der Waals surface area (Å²) in [6.07, 6.45) is 10.4. The Hall–Kier alpha value is -1.31. The minimum Gasteiger partial charge on any atom is -0.481 e. The predicted octanol–water partition coefficient (Wildman–Crippen LogP) is 6.44. The van der Waals surface area contributed by atoms with Crippen LogP contribution in [0.25, 0.3) is 0 Å². The minimum atomic E-state index is -3.29. The molecule has 0 radical (unpaired) electrons. The third-order valence-corrected chi connectivity index (χ3v) is 2.95. The maximum absolute atomic E-state index is 10.9. The lowest BCUT2D eigenvalue weighted by atomic mass is 10.1. The molecule has 0 aromatic heterocycles. The van der Waals surface area contributed by atoms with E-state index in [-0.39, 0.29) is 6.42 Å². The molecule has 0 bridgehead atoms. The van der Waals surface area contributed by atoms with Crippen molar-refractivity contribution in [2.24, 2.45) is 0 Å². The van der Waals surface area contributed by atoms with E-state index in [0.29, 0.717) is 12.8 Å². The van der Waals surface area contributed by atoms with E-state index in [0.717, 1.165) is 19.3 Å². The van der Waals surface area contributed by atoms with E-state index in [1.165, 1.54) is 19.3 Å². The van der Waals surface area contributed by atoms with Crippen molar-refractivity contribution >= 4 is 5.97 Å². The Kier molecular flexibility index (Phi) is 9.80. The van der Waals surface area contributed by atoms with Crippen LogP contribution in [0.2, 0.25) is 0 Å². The first-order chi connectivity index (χ1) is 13.0. The van der Waals surface area contributed by atoms with E-state index in [1.54, 1.807) is 0 Å². The van der Waals surface area contributed by atoms with Crippen molar-refractivity contribution in [3.8, 4) is 0 Å². The van der Waals surface area contributed by atoms with Gasteiger partial charge in [-0.2, -0.15) is 0 Å². The number of hydrogen-bond acceptors (Lipinski definition) is 1. The van der Waals surface area contributed by atoms with Gasteiger partial charge >= 0.3 is 5.97 Å². The van der Waals surface area contributed by atoms with Gasteiger partial charge in [0.1, 0.15) is 0 Å². The Morgan fingerprint density at radius 3 is 1.95 bits per heavy atom. The van der Waals surface area contributed by atoms with Crippen molar-refractivity contribution in [3.05, 3.63) is 36.5 Å². The van der Waals surface area contributed by atoms with E-state index < -0.39 is 25.1 Å². The molecule has 0 amide bonds. The molecule has 0 unspecified atom stereocenters. The van der Waals surface area contributed by atoms with Crippen LogP contribution in [-0.2, 0) is 4.79 Å². The summed E-state index contributed by atoms with van der Waals surface area (Å²) in [6.45, 7) is 2.19. The standard InChI is InChI=1S/C20H34O2/c1-2-3-4-5-6-7-8-9-10-11-12-13-14-15-16-17-18-19-20(21)22/h6-7,9-10,12-13H,2-5,8,11,14-19H2,1H3,(H,21,22)/b7-6?,10-9?,13-12-/i17D2,18D2,19D2. The number of aliphatic carboxylic acids is 1. The lowest BCUT2D eigenvalue weighted by Gasteiger charge is -1.96. The summed E-state index contributed by atoms with van der Waals surface area (Å²) in [6, 6.07) is 0. The summed E-state index contributed by atoms with van der Waals surface area (Å²) in [4.78, 5) is 10.9. The van der Waals surface area contributed by atoms with Gasteiger partial charge < -0.3 is 5.11 Å². The van der Waals surface area contributed by atoms with Gasteiger partial charge in [0.2, 0.25) is 0 Å². The first kappa shape index (κ1) is 12.2. The van der Waals surface area contributed by atoms with E-state index >= 15 is 0 Å². The highest BCUT2D eigenvalue weighted by Crippen LogP contribution is 2.06. The van der Waals surface area contributed by atoms with Gasteiger partial charge in [-0.25, -0.2) is 0 Å².